The first-order chi connectivity index (χ1) is 8.22. The average molecular weight is 239 g/mol. The summed E-state index contributed by atoms with van der Waals surface area (Å²) in [6, 6.07) is 0.183. The molecule has 1 rings (SSSR count). The number of carbonyl (C=O) groups excluding carboxylic acids is 1. The molecule has 4 nitrogen and oxygen atoms in total. The fraction of sp³-hybridized carbons (Fsp3) is 0.846. The van der Waals surface area contributed by atoms with E-state index in [2.05, 4.69) is 22.8 Å². The molecular weight excluding hydrogens is 214 g/mol. The fourth-order valence-corrected chi connectivity index (χ4v) is 2.10. The van der Waals surface area contributed by atoms with Crippen LogP contribution in [0.5, 0.6) is 0 Å². The number of urea groups is 1. The van der Waals surface area contributed by atoms with Gasteiger partial charge in [-0.3, -0.25) is 0 Å². The predicted octanol–water partition coefficient (Wildman–Crippen LogP) is 3.18. The van der Waals surface area contributed by atoms with Crippen molar-refractivity contribution in [3.63, 3.8) is 0 Å². The van der Waals surface area contributed by atoms with Crippen LogP contribution in [0.1, 0.15) is 65.2 Å². The van der Waals surface area contributed by atoms with Gasteiger partial charge in [-0.25, -0.2) is 10.2 Å². The van der Waals surface area contributed by atoms with Crippen molar-refractivity contribution in [3.05, 3.63) is 0 Å². The molecule has 0 radical (unpaired) electrons. The smallest absolute Gasteiger partial charge is 0.334 e. The SMILES string of the molecule is CCCCC(C)=NNC(=O)NC1CCCCC1. The molecule has 0 heterocycles. The maximum absolute atomic E-state index is 11.6. The highest BCUT2D eigenvalue weighted by Gasteiger charge is 2.14. The van der Waals surface area contributed by atoms with E-state index in [4.69, 9.17) is 0 Å². The zero-order valence-electron chi connectivity index (χ0n) is 11.1. The van der Waals surface area contributed by atoms with Gasteiger partial charge in [-0.05, 0) is 32.6 Å². The van der Waals surface area contributed by atoms with Crippen molar-refractivity contribution in [3.8, 4) is 0 Å². The Balaban J connectivity index is 2.19. The summed E-state index contributed by atoms with van der Waals surface area (Å²) in [5.74, 6) is 0. The molecule has 0 saturated heterocycles. The van der Waals surface area contributed by atoms with Crippen molar-refractivity contribution in [1.29, 1.82) is 0 Å². The molecule has 2 N–H and O–H groups in total. The summed E-state index contributed by atoms with van der Waals surface area (Å²) in [6.45, 7) is 4.10. The second-order valence-electron chi connectivity index (χ2n) is 4.87. The van der Waals surface area contributed by atoms with E-state index >= 15 is 0 Å². The first-order valence-corrected chi connectivity index (χ1v) is 6.82. The summed E-state index contributed by atoms with van der Waals surface area (Å²) >= 11 is 0. The van der Waals surface area contributed by atoms with Crippen LogP contribution < -0.4 is 10.7 Å². The Morgan fingerprint density at radius 1 is 1.29 bits per heavy atom. The Hall–Kier alpha value is -1.06. The third-order valence-corrected chi connectivity index (χ3v) is 3.18. The topological polar surface area (TPSA) is 53.5 Å². The maximum Gasteiger partial charge on any atom is 0.335 e. The third-order valence-electron chi connectivity index (χ3n) is 3.18. The molecule has 17 heavy (non-hydrogen) atoms. The molecule has 0 atom stereocenters. The molecule has 0 spiro atoms. The third kappa shape index (κ3) is 6.29. The minimum absolute atomic E-state index is 0.159. The van der Waals surface area contributed by atoms with Crippen LogP contribution in [0.2, 0.25) is 0 Å². The summed E-state index contributed by atoms with van der Waals surface area (Å²) in [6.07, 6.45) is 9.20. The highest BCUT2D eigenvalue weighted by molar-refractivity contribution is 5.83. The summed E-state index contributed by atoms with van der Waals surface area (Å²) in [5.41, 5.74) is 3.57. The van der Waals surface area contributed by atoms with Crippen molar-refractivity contribution in [2.75, 3.05) is 0 Å². The van der Waals surface area contributed by atoms with Crippen LogP contribution in [-0.4, -0.2) is 17.8 Å². The van der Waals surface area contributed by atoms with Gasteiger partial charge in [0.15, 0.2) is 0 Å². The number of nitrogens with one attached hydrogen (secondary N) is 2. The van der Waals surface area contributed by atoms with Crippen molar-refractivity contribution >= 4 is 11.7 Å². The van der Waals surface area contributed by atoms with Gasteiger partial charge in [-0.1, -0.05) is 32.6 Å². The molecule has 98 valence electrons. The zero-order valence-corrected chi connectivity index (χ0v) is 11.1. The molecule has 1 aliphatic rings. The van der Waals surface area contributed by atoms with E-state index in [0.717, 1.165) is 37.8 Å². The lowest BCUT2D eigenvalue weighted by molar-refractivity contribution is 0.233. The molecule has 4 heteroatoms. The average Bonchev–Trinajstić information content (AvgIpc) is 2.35. The number of nitrogens with zero attached hydrogens (tertiary/aromatic N) is 1. The lowest BCUT2D eigenvalue weighted by Crippen LogP contribution is -2.41. The van der Waals surface area contributed by atoms with E-state index in [1.54, 1.807) is 0 Å². The van der Waals surface area contributed by atoms with Crippen molar-refractivity contribution < 1.29 is 4.79 Å². The van der Waals surface area contributed by atoms with Gasteiger partial charge in [0, 0.05) is 11.8 Å². The van der Waals surface area contributed by atoms with Gasteiger partial charge in [0.2, 0.25) is 0 Å². The van der Waals surface area contributed by atoms with Gasteiger partial charge in [0.1, 0.15) is 0 Å². The Morgan fingerprint density at radius 2 is 2.00 bits per heavy atom. The first kappa shape index (κ1) is 14.0. The van der Waals surface area contributed by atoms with Crippen LogP contribution in [0.25, 0.3) is 0 Å². The summed E-state index contributed by atoms with van der Waals surface area (Å²) < 4.78 is 0. The van der Waals surface area contributed by atoms with Crippen molar-refractivity contribution in [2.45, 2.75) is 71.3 Å². The van der Waals surface area contributed by atoms with Gasteiger partial charge in [0.25, 0.3) is 0 Å². The predicted molar refractivity (Wildman–Crippen MR) is 71.2 cm³/mol. The lowest BCUT2D eigenvalue weighted by atomic mass is 9.96. The van der Waals surface area contributed by atoms with E-state index in [1.165, 1.54) is 19.3 Å². The van der Waals surface area contributed by atoms with Crippen LogP contribution >= 0.6 is 0 Å². The molecule has 0 aromatic rings. The number of rotatable bonds is 5. The Bertz CT molecular complexity index is 257. The van der Waals surface area contributed by atoms with Gasteiger partial charge >= 0.3 is 6.03 Å². The fourth-order valence-electron chi connectivity index (χ4n) is 2.10. The van der Waals surface area contributed by atoms with E-state index < -0.39 is 0 Å². The van der Waals surface area contributed by atoms with Crippen LogP contribution in [-0.2, 0) is 0 Å². The number of carbonyl (C=O) groups is 1. The molecule has 0 unspecified atom stereocenters. The highest BCUT2D eigenvalue weighted by Crippen LogP contribution is 2.17. The summed E-state index contributed by atoms with van der Waals surface area (Å²) in [4.78, 5) is 11.6. The standard InChI is InChI=1S/C13H25N3O/c1-3-4-8-11(2)15-16-13(17)14-12-9-6-5-7-10-12/h12H,3-10H2,1-2H3,(H2,14,16,17). The monoisotopic (exact) mass is 239 g/mol. The lowest BCUT2D eigenvalue weighted by Gasteiger charge is -2.22. The van der Waals surface area contributed by atoms with Crippen molar-refractivity contribution in [2.24, 2.45) is 5.10 Å². The van der Waals surface area contributed by atoms with Gasteiger partial charge in [-0.15, -0.1) is 0 Å². The quantitative estimate of drug-likeness (QED) is 0.562. The van der Waals surface area contributed by atoms with Gasteiger partial charge in [-0.2, -0.15) is 5.10 Å². The maximum atomic E-state index is 11.6. The largest absolute Gasteiger partial charge is 0.335 e. The molecule has 0 bridgehead atoms. The molecule has 0 aromatic heterocycles. The number of unbranched alkanes of at least 4 members (excludes halogenated alkanes) is 1. The Labute approximate surface area is 104 Å². The first-order valence-electron chi connectivity index (χ1n) is 6.82. The Morgan fingerprint density at radius 3 is 2.65 bits per heavy atom. The molecule has 1 aliphatic carbocycles. The van der Waals surface area contributed by atoms with E-state index in [1.807, 2.05) is 6.92 Å². The second kappa shape index (κ2) is 8.09. The molecule has 0 aromatic carbocycles. The molecule has 2 amide bonds. The van der Waals surface area contributed by atoms with Crippen LogP contribution in [0.3, 0.4) is 0 Å². The summed E-state index contributed by atoms with van der Waals surface area (Å²) in [7, 11) is 0. The molecular formula is C13H25N3O. The normalized spacial score (nSPS) is 17.9. The number of hydrogen-bond donors (Lipinski definition) is 2. The van der Waals surface area contributed by atoms with Crippen molar-refractivity contribution in [1.82, 2.24) is 10.7 Å². The minimum atomic E-state index is -0.159. The Kier molecular flexibility index (Phi) is 6.67. The number of hydrogen-bond acceptors (Lipinski definition) is 2. The number of hydrazone groups is 1. The highest BCUT2D eigenvalue weighted by atomic mass is 16.2. The second-order valence-corrected chi connectivity index (χ2v) is 4.87. The van der Waals surface area contributed by atoms with Crippen LogP contribution in [0.15, 0.2) is 5.10 Å². The zero-order chi connectivity index (χ0) is 12.5. The van der Waals surface area contributed by atoms with Gasteiger partial charge in [0.05, 0.1) is 0 Å². The molecule has 1 fully saturated rings. The molecule has 1 saturated carbocycles. The molecule has 0 aliphatic heterocycles. The van der Waals surface area contributed by atoms with E-state index in [0.29, 0.717) is 6.04 Å². The number of amides is 2. The van der Waals surface area contributed by atoms with Crippen LogP contribution in [0.4, 0.5) is 4.79 Å². The van der Waals surface area contributed by atoms with Crippen LogP contribution in [0, 0.1) is 0 Å². The van der Waals surface area contributed by atoms with Gasteiger partial charge < -0.3 is 5.32 Å². The van der Waals surface area contributed by atoms with E-state index in [-0.39, 0.29) is 6.03 Å². The minimum Gasteiger partial charge on any atom is -0.334 e. The van der Waals surface area contributed by atoms with E-state index in [9.17, 15) is 4.79 Å². The summed E-state index contributed by atoms with van der Waals surface area (Å²) in [5, 5.41) is 7.05.